The number of hydrogen-bond donors (Lipinski definition) is 0. The van der Waals surface area contributed by atoms with Crippen molar-refractivity contribution >= 4 is 11.6 Å². The second-order valence-electron chi connectivity index (χ2n) is 5.97. The largest absolute Gasteiger partial charge is 0.309 e. The van der Waals surface area contributed by atoms with Crippen LogP contribution in [0.2, 0.25) is 0 Å². The second kappa shape index (κ2) is 5.46. The molecule has 0 unspecified atom stereocenters. The molecule has 1 amide bonds. The molecule has 22 heavy (non-hydrogen) atoms. The number of carbonyl (C=O) groups is 1. The van der Waals surface area contributed by atoms with Crippen LogP contribution in [0, 0.1) is 11.8 Å². The highest BCUT2D eigenvalue weighted by molar-refractivity contribution is 5.97. The van der Waals surface area contributed by atoms with Gasteiger partial charge in [0, 0.05) is 44.5 Å². The van der Waals surface area contributed by atoms with Gasteiger partial charge in [-0.3, -0.25) is 14.7 Å². The summed E-state index contributed by atoms with van der Waals surface area (Å²) in [5.41, 5.74) is 2.00. The van der Waals surface area contributed by atoms with Crippen LogP contribution in [0.4, 0.5) is 5.69 Å². The summed E-state index contributed by atoms with van der Waals surface area (Å²) in [7, 11) is 0. The van der Waals surface area contributed by atoms with Gasteiger partial charge in [0.05, 0.1) is 24.0 Å². The minimum absolute atomic E-state index is 0.0943. The predicted molar refractivity (Wildman–Crippen MR) is 80.9 cm³/mol. The standard InChI is InChI=1S/C16H17N5O/c22-16-15-10-20(7-12-2-1-3-17-4-12)8-13(15)9-21(16)14-5-18-11-19-6-14/h1-6,11,13,15H,7-10H2/t13-,15-/m1/s1. The monoisotopic (exact) mass is 295 g/mol. The Kier molecular flexibility index (Phi) is 3.31. The summed E-state index contributed by atoms with van der Waals surface area (Å²) >= 11 is 0. The van der Waals surface area contributed by atoms with Crippen molar-refractivity contribution in [3.63, 3.8) is 0 Å². The van der Waals surface area contributed by atoms with Crippen molar-refractivity contribution < 1.29 is 4.79 Å². The summed E-state index contributed by atoms with van der Waals surface area (Å²) < 4.78 is 0. The maximum Gasteiger partial charge on any atom is 0.231 e. The van der Waals surface area contributed by atoms with Crippen molar-refractivity contribution in [1.29, 1.82) is 0 Å². The summed E-state index contributed by atoms with van der Waals surface area (Å²) in [6.45, 7) is 3.40. The van der Waals surface area contributed by atoms with E-state index in [4.69, 9.17) is 0 Å². The van der Waals surface area contributed by atoms with Gasteiger partial charge in [0.25, 0.3) is 0 Å². The van der Waals surface area contributed by atoms with Crippen LogP contribution < -0.4 is 4.90 Å². The lowest BCUT2D eigenvalue weighted by molar-refractivity contribution is -0.120. The summed E-state index contributed by atoms with van der Waals surface area (Å²) in [6.07, 6.45) is 8.58. The lowest BCUT2D eigenvalue weighted by Crippen LogP contribution is -2.32. The van der Waals surface area contributed by atoms with Crippen LogP contribution in [0.1, 0.15) is 5.56 Å². The first-order valence-electron chi connectivity index (χ1n) is 7.49. The number of amides is 1. The van der Waals surface area contributed by atoms with Crippen LogP contribution in [-0.2, 0) is 11.3 Å². The molecule has 0 N–H and O–H groups in total. The topological polar surface area (TPSA) is 62.2 Å². The van der Waals surface area contributed by atoms with Crippen molar-refractivity contribution in [3.8, 4) is 0 Å². The summed E-state index contributed by atoms with van der Waals surface area (Å²) in [6, 6.07) is 4.03. The Morgan fingerprint density at radius 1 is 1.09 bits per heavy atom. The number of carbonyl (C=O) groups excluding carboxylic acids is 1. The van der Waals surface area contributed by atoms with Crippen molar-refractivity contribution in [2.75, 3.05) is 24.5 Å². The van der Waals surface area contributed by atoms with E-state index in [0.29, 0.717) is 5.92 Å². The van der Waals surface area contributed by atoms with Crippen LogP contribution in [-0.4, -0.2) is 45.4 Å². The Morgan fingerprint density at radius 3 is 2.68 bits per heavy atom. The Morgan fingerprint density at radius 2 is 1.95 bits per heavy atom. The fourth-order valence-electron chi connectivity index (χ4n) is 3.49. The molecule has 2 saturated heterocycles. The summed E-state index contributed by atoms with van der Waals surface area (Å²) in [5, 5.41) is 0. The third-order valence-corrected chi connectivity index (χ3v) is 4.50. The number of hydrogen-bond acceptors (Lipinski definition) is 5. The van der Waals surface area contributed by atoms with E-state index in [9.17, 15) is 4.79 Å². The first kappa shape index (κ1) is 13.3. The van der Waals surface area contributed by atoms with Crippen molar-refractivity contribution in [2.24, 2.45) is 11.8 Å². The molecule has 0 bridgehead atoms. The van der Waals surface area contributed by atoms with E-state index >= 15 is 0 Å². The molecule has 0 spiro atoms. The molecule has 4 heterocycles. The van der Waals surface area contributed by atoms with Gasteiger partial charge in [0.2, 0.25) is 5.91 Å². The van der Waals surface area contributed by atoms with Crippen LogP contribution in [0.5, 0.6) is 0 Å². The van der Waals surface area contributed by atoms with Gasteiger partial charge in [-0.05, 0) is 11.6 Å². The van der Waals surface area contributed by atoms with Crippen LogP contribution in [0.3, 0.4) is 0 Å². The molecule has 0 aromatic carbocycles. The minimum Gasteiger partial charge on any atom is -0.309 e. The van der Waals surface area contributed by atoms with Gasteiger partial charge >= 0.3 is 0 Å². The number of pyridine rings is 1. The van der Waals surface area contributed by atoms with E-state index in [0.717, 1.165) is 31.9 Å². The molecule has 2 aliphatic rings. The number of fused-ring (bicyclic) bond motifs is 1. The fourth-order valence-corrected chi connectivity index (χ4v) is 3.49. The molecule has 6 nitrogen and oxygen atoms in total. The maximum atomic E-state index is 12.6. The molecule has 4 rings (SSSR count). The van der Waals surface area contributed by atoms with Crippen molar-refractivity contribution in [2.45, 2.75) is 6.54 Å². The molecule has 2 aliphatic heterocycles. The third kappa shape index (κ3) is 2.35. The number of aromatic nitrogens is 3. The van der Waals surface area contributed by atoms with E-state index in [1.165, 1.54) is 11.9 Å². The van der Waals surface area contributed by atoms with Crippen molar-refractivity contribution in [1.82, 2.24) is 19.9 Å². The maximum absolute atomic E-state index is 12.6. The molecule has 0 aliphatic carbocycles. The number of likely N-dealkylation sites (tertiary alicyclic amines) is 1. The van der Waals surface area contributed by atoms with Gasteiger partial charge in [-0.2, -0.15) is 0 Å². The first-order valence-corrected chi connectivity index (χ1v) is 7.49. The third-order valence-electron chi connectivity index (χ3n) is 4.50. The molecule has 0 saturated carbocycles. The quantitative estimate of drug-likeness (QED) is 0.844. The summed E-state index contributed by atoms with van der Waals surface area (Å²) in [5.74, 6) is 0.690. The van der Waals surface area contributed by atoms with Gasteiger partial charge in [0.15, 0.2) is 0 Å². The van der Waals surface area contributed by atoms with E-state index in [1.807, 2.05) is 17.2 Å². The number of rotatable bonds is 3. The van der Waals surface area contributed by atoms with Crippen LogP contribution in [0.25, 0.3) is 0 Å². The molecular formula is C16H17N5O. The highest BCUT2D eigenvalue weighted by Gasteiger charge is 2.46. The predicted octanol–water partition coefficient (Wildman–Crippen LogP) is 0.966. The molecule has 2 atom stereocenters. The smallest absolute Gasteiger partial charge is 0.231 e. The van der Waals surface area contributed by atoms with E-state index < -0.39 is 0 Å². The Labute approximate surface area is 128 Å². The average Bonchev–Trinajstić information content (AvgIpc) is 3.08. The molecule has 2 aromatic heterocycles. The van der Waals surface area contributed by atoms with Crippen LogP contribution >= 0.6 is 0 Å². The van der Waals surface area contributed by atoms with Gasteiger partial charge in [-0.25, -0.2) is 9.97 Å². The van der Waals surface area contributed by atoms with Crippen molar-refractivity contribution in [3.05, 3.63) is 48.8 Å². The zero-order chi connectivity index (χ0) is 14.9. The van der Waals surface area contributed by atoms with Gasteiger partial charge in [-0.1, -0.05) is 6.07 Å². The van der Waals surface area contributed by atoms with E-state index in [-0.39, 0.29) is 11.8 Å². The minimum atomic E-state index is 0.0943. The first-order chi connectivity index (χ1) is 10.8. The molecular weight excluding hydrogens is 278 g/mol. The van der Waals surface area contributed by atoms with Crippen LogP contribution in [0.15, 0.2) is 43.2 Å². The van der Waals surface area contributed by atoms with Gasteiger partial charge in [-0.15, -0.1) is 0 Å². The van der Waals surface area contributed by atoms with Gasteiger partial charge in [0.1, 0.15) is 6.33 Å². The lowest BCUT2D eigenvalue weighted by Gasteiger charge is -2.21. The molecule has 112 valence electrons. The molecule has 2 aromatic rings. The highest BCUT2D eigenvalue weighted by atomic mass is 16.2. The van der Waals surface area contributed by atoms with E-state index in [1.54, 1.807) is 18.6 Å². The Hall–Kier alpha value is -2.34. The van der Waals surface area contributed by atoms with E-state index in [2.05, 4.69) is 25.9 Å². The zero-order valence-corrected chi connectivity index (χ0v) is 12.2. The number of anilines is 1. The molecule has 0 radical (unpaired) electrons. The average molecular weight is 295 g/mol. The highest BCUT2D eigenvalue weighted by Crippen LogP contribution is 2.35. The lowest BCUT2D eigenvalue weighted by atomic mass is 10.0. The Balaban J connectivity index is 1.44. The Bertz CT molecular complexity index is 663. The SMILES string of the molecule is O=C1[C@@H]2CN(Cc3cccnc3)C[C@@H]2CN1c1cncnc1. The summed E-state index contributed by atoms with van der Waals surface area (Å²) in [4.78, 5) is 29.0. The molecule has 2 fully saturated rings. The van der Waals surface area contributed by atoms with Gasteiger partial charge < -0.3 is 4.90 Å². The fraction of sp³-hybridized carbons (Fsp3) is 0.375. The normalized spacial score (nSPS) is 24.7. The zero-order valence-electron chi connectivity index (χ0n) is 12.2. The molecule has 6 heteroatoms. The second-order valence-corrected chi connectivity index (χ2v) is 5.97. The number of nitrogens with zero attached hydrogens (tertiary/aromatic N) is 5.